The van der Waals surface area contributed by atoms with E-state index < -0.39 is 0 Å². The number of nitrogens with zero attached hydrogens (tertiary/aromatic N) is 3. The van der Waals surface area contributed by atoms with Gasteiger partial charge in [-0.1, -0.05) is 41.1 Å². The molecule has 0 N–H and O–H groups in total. The van der Waals surface area contributed by atoms with Gasteiger partial charge in [0.15, 0.2) is 5.13 Å². The van der Waals surface area contributed by atoms with Gasteiger partial charge in [-0.05, 0) is 60.7 Å². The number of amides is 1. The molecule has 0 spiro atoms. The highest BCUT2D eigenvalue weighted by Gasteiger charge is 2.21. The van der Waals surface area contributed by atoms with Crippen LogP contribution in [0, 0.1) is 6.92 Å². The van der Waals surface area contributed by atoms with Crippen LogP contribution in [0.1, 0.15) is 16.8 Å². The molecule has 0 aliphatic heterocycles. The fourth-order valence-corrected chi connectivity index (χ4v) is 5.03. The maximum Gasteiger partial charge on any atom is 0.233 e. The highest BCUT2D eigenvalue weighted by atomic mass is 35.5. The third kappa shape index (κ3) is 4.67. The standard InChI is InChI=1S/C23H20ClN3OS2/c1-15-11-17(24)13-20-22(15)26-23(30-20)27(14-18-5-3-4-10-25-18)21(28)12-16-6-8-19(29-2)9-7-16/h3-11,13H,12,14H2,1-2H3. The number of fused-ring (bicyclic) bond motifs is 1. The number of carbonyl (C=O) groups excluding carboxylic acids is 1. The second kappa shape index (κ2) is 9.16. The van der Waals surface area contributed by atoms with Gasteiger partial charge in [0.05, 0.1) is 28.9 Å². The zero-order valence-corrected chi connectivity index (χ0v) is 19.0. The van der Waals surface area contributed by atoms with E-state index in [-0.39, 0.29) is 5.91 Å². The van der Waals surface area contributed by atoms with Crippen LogP contribution in [-0.4, -0.2) is 22.1 Å². The number of halogens is 1. The molecule has 0 fully saturated rings. The Morgan fingerprint density at radius 3 is 2.67 bits per heavy atom. The molecule has 4 nitrogen and oxygen atoms in total. The van der Waals surface area contributed by atoms with Crippen LogP contribution in [-0.2, 0) is 17.8 Å². The predicted octanol–water partition coefficient (Wildman–Crippen LogP) is 6.15. The van der Waals surface area contributed by atoms with Crippen molar-refractivity contribution in [3.8, 4) is 0 Å². The molecule has 2 aromatic heterocycles. The fourth-order valence-electron chi connectivity index (χ4n) is 3.19. The first-order chi connectivity index (χ1) is 14.5. The summed E-state index contributed by atoms with van der Waals surface area (Å²) >= 11 is 9.38. The maximum absolute atomic E-state index is 13.3. The highest BCUT2D eigenvalue weighted by Crippen LogP contribution is 2.34. The quantitative estimate of drug-likeness (QED) is 0.328. The van der Waals surface area contributed by atoms with E-state index >= 15 is 0 Å². The number of carbonyl (C=O) groups is 1. The average molecular weight is 454 g/mol. The molecule has 0 aliphatic carbocycles. The lowest BCUT2D eigenvalue weighted by atomic mass is 10.1. The van der Waals surface area contributed by atoms with Crippen molar-refractivity contribution in [2.75, 3.05) is 11.2 Å². The minimum absolute atomic E-state index is 0.0136. The van der Waals surface area contributed by atoms with Gasteiger partial charge in [-0.2, -0.15) is 0 Å². The number of aromatic nitrogens is 2. The first kappa shape index (κ1) is 20.8. The molecule has 0 saturated carbocycles. The van der Waals surface area contributed by atoms with Gasteiger partial charge in [0.1, 0.15) is 0 Å². The Bertz CT molecular complexity index is 1180. The largest absolute Gasteiger partial charge is 0.282 e. The van der Waals surface area contributed by atoms with Gasteiger partial charge < -0.3 is 0 Å². The monoisotopic (exact) mass is 453 g/mol. The lowest BCUT2D eigenvalue weighted by Gasteiger charge is -2.19. The van der Waals surface area contributed by atoms with Crippen LogP contribution < -0.4 is 4.90 Å². The summed E-state index contributed by atoms with van der Waals surface area (Å²) in [7, 11) is 0. The Labute approximate surface area is 188 Å². The number of pyridine rings is 1. The van der Waals surface area contributed by atoms with Gasteiger partial charge in [0.2, 0.25) is 5.91 Å². The molecular weight excluding hydrogens is 434 g/mol. The van der Waals surface area contributed by atoms with Gasteiger partial charge >= 0.3 is 0 Å². The van der Waals surface area contributed by atoms with Gasteiger partial charge in [-0.3, -0.25) is 14.7 Å². The van der Waals surface area contributed by atoms with Gasteiger partial charge in [0.25, 0.3) is 0 Å². The molecule has 30 heavy (non-hydrogen) atoms. The van der Waals surface area contributed by atoms with Crippen molar-refractivity contribution in [3.63, 3.8) is 0 Å². The van der Waals surface area contributed by atoms with E-state index in [0.29, 0.717) is 23.1 Å². The van der Waals surface area contributed by atoms with Crippen LogP contribution in [0.25, 0.3) is 10.2 Å². The zero-order chi connectivity index (χ0) is 21.1. The SMILES string of the molecule is CSc1ccc(CC(=O)N(Cc2ccccn2)c2nc3c(C)cc(Cl)cc3s2)cc1. The molecule has 0 aliphatic rings. The van der Waals surface area contributed by atoms with Crippen LogP contribution in [0.15, 0.2) is 65.7 Å². The van der Waals surface area contributed by atoms with E-state index in [4.69, 9.17) is 16.6 Å². The molecule has 152 valence electrons. The lowest BCUT2D eigenvalue weighted by Crippen LogP contribution is -2.32. The molecule has 0 radical (unpaired) electrons. The molecular formula is C23H20ClN3OS2. The van der Waals surface area contributed by atoms with Crippen molar-refractivity contribution < 1.29 is 4.79 Å². The van der Waals surface area contributed by atoms with Crippen LogP contribution in [0.3, 0.4) is 0 Å². The predicted molar refractivity (Wildman–Crippen MR) is 127 cm³/mol. The smallest absolute Gasteiger partial charge is 0.233 e. The lowest BCUT2D eigenvalue weighted by molar-refractivity contribution is -0.118. The van der Waals surface area contributed by atoms with E-state index in [1.807, 2.05) is 67.8 Å². The summed E-state index contributed by atoms with van der Waals surface area (Å²) in [6.07, 6.45) is 4.08. The summed E-state index contributed by atoms with van der Waals surface area (Å²) in [6.45, 7) is 2.35. The van der Waals surface area contributed by atoms with Crippen molar-refractivity contribution in [1.82, 2.24) is 9.97 Å². The Morgan fingerprint density at radius 1 is 1.17 bits per heavy atom. The minimum Gasteiger partial charge on any atom is -0.282 e. The molecule has 0 unspecified atom stereocenters. The van der Waals surface area contributed by atoms with Crippen molar-refractivity contribution >= 4 is 56.0 Å². The van der Waals surface area contributed by atoms with Crippen molar-refractivity contribution in [1.29, 1.82) is 0 Å². The fraction of sp³-hybridized carbons (Fsp3) is 0.174. The molecule has 4 rings (SSSR count). The summed E-state index contributed by atoms with van der Waals surface area (Å²) in [5.74, 6) is -0.0136. The zero-order valence-electron chi connectivity index (χ0n) is 16.6. The number of thiazole rings is 1. The highest BCUT2D eigenvalue weighted by molar-refractivity contribution is 7.98. The van der Waals surface area contributed by atoms with Crippen molar-refractivity contribution in [2.24, 2.45) is 0 Å². The normalized spacial score (nSPS) is 11.0. The summed E-state index contributed by atoms with van der Waals surface area (Å²) in [6, 6.07) is 17.6. The first-order valence-corrected chi connectivity index (χ1v) is 11.9. The molecule has 0 bridgehead atoms. The van der Waals surface area contributed by atoms with E-state index in [1.54, 1.807) is 22.9 Å². The third-order valence-electron chi connectivity index (χ3n) is 4.73. The molecule has 4 aromatic rings. The van der Waals surface area contributed by atoms with Crippen LogP contribution in [0.4, 0.5) is 5.13 Å². The van der Waals surface area contributed by atoms with E-state index in [9.17, 15) is 4.79 Å². The summed E-state index contributed by atoms with van der Waals surface area (Å²) in [5.41, 5.74) is 3.67. The van der Waals surface area contributed by atoms with Gasteiger partial charge in [0, 0.05) is 16.1 Å². The number of aryl methyl sites for hydroxylation is 1. The molecule has 0 atom stereocenters. The van der Waals surface area contributed by atoms with Crippen LogP contribution >= 0.6 is 34.7 Å². The summed E-state index contributed by atoms with van der Waals surface area (Å²) in [4.78, 5) is 25.4. The Morgan fingerprint density at radius 2 is 1.97 bits per heavy atom. The van der Waals surface area contributed by atoms with E-state index in [2.05, 4.69) is 4.98 Å². The Hall–Kier alpha value is -2.41. The molecule has 7 heteroatoms. The number of anilines is 1. The van der Waals surface area contributed by atoms with Crippen LogP contribution in [0.5, 0.6) is 0 Å². The first-order valence-electron chi connectivity index (χ1n) is 9.43. The summed E-state index contributed by atoms with van der Waals surface area (Å²) < 4.78 is 0.971. The number of thioether (sulfide) groups is 1. The van der Waals surface area contributed by atoms with Crippen LogP contribution in [0.2, 0.25) is 5.02 Å². The summed E-state index contributed by atoms with van der Waals surface area (Å²) in [5, 5.41) is 1.33. The molecule has 2 heterocycles. The molecule has 1 amide bonds. The molecule has 2 aromatic carbocycles. The van der Waals surface area contributed by atoms with Crippen molar-refractivity contribution in [3.05, 3.63) is 82.6 Å². The maximum atomic E-state index is 13.3. The average Bonchev–Trinajstić information content (AvgIpc) is 3.17. The second-order valence-electron chi connectivity index (χ2n) is 6.89. The Kier molecular flexibility index (Phi) is 6.37. The van der Waals surface area contributed by atoms with E-state index in [1.165, 1.54) is 16.2 Å². The minimum atomic E-state index is -0.0136. The number of benzene rings is 2. The van der Waals surface area contributed by atoms with E-state index in [0.717, 1.165) is 27.0 Å². The van der Waals surface area contributed by atoms with Gasteiger partial charge in [-0.25, -0.2) is 4.98 Å². The van der Waals surface area contributed by atoms with Gasteiger partial charge in [-0.15, -0.1) is 11.8 Å². The Balaban J connectivity index is 1.68. The molecule has 0 saturated heterocycles. The number of hydrogen-bond acceptors (Lipinski definition) is 5. The third-order valence-corrected chi connectivity index (χ3v) is 6.72. The topological polar surface area (TPSA) is 46.1 Å². The second-order valence-corrected chi connectivity index (χ2v) is 9.22. The van der Waals surface area contributed by atoms with Crippen molar-refractivity contribution in [2.45, 2.75) is 24.8 Å². The number of rotatable bonds is 6. The number of hydrogen-bond donors (Lipinski definition) is 0.